The molecule has 1 N–H and O–H groups in total. The summed E-state index contributed by atoms with van der Waals surface area (Å²) in [6, 6.07) is 12.5. The van der Waals surface area contributed by atoms with Crippen LogP contribution in [0.2, 0.25) is 5.02 Å². The molecule has 1 aliphatic rings. The molecule has 0 spiro atoms. The summed E-state index contributed by atoms with van der Waals surface area (Å²) >= 11 is 9.53. The smallest absolute Gasteiger partial charge is 0.339 e. The first-order valence-electron chi connectivity index (χ1n) is 9.29. The molecule has 150 valence electrons. The zero-order valence-corrected chi connectivity index (χ0v) is 18.0. The summed E-state index contributed by atoms with van der Waals surface area (Å²) in [6.07, 6.45) is 0.835. The number of pyridine rings is 1. The van der Waals surface area contributed by atoms with Gasteiger partial charge in [0, 0.05) is 27.5 Å². The molecule has 1 unspecified atom stereocenters. The second-order valence-electron chi connectivity index (χ2n) is 7.32. The van der Waals surface area contributed by atoms with E-state index in [-0.39, 0.29) is 5.56 Å². The van der Waals surface area contributed by atoms with E-state index in [1.807, 2.05) is 18.2 Å². The van der Waals surface area contributed by atoms with Gasteiger partial charge in [-0.2, -0.15) is 0 Å². The Bertz CT molecular complexity index is 1150. The third kappa shape index (κ3) is 3.97. The van der Waals surface area contributed by atoms with Crippen molar-refractivity contribution in [2.75, 3.05) is 6.61 Å². The Balaban J connectivity index is 2.04. The number of carboxylic acids is 1. The average Bonchev–Trinajstić information content (AvgIpc) is 3.51. The highest BCUT2D eigenvalue weighted by Crippen LogP contribution is 2.38. The van der Waals surface area contributed by atoms with E-state index in [4.69, 9.17) is 16.3 Å². The van der Waals surface area contributed by atoms with E-state index >= 15 is 0 Å². The molecule has 2 aromatic carbocycles. The maximum absolute atomic E-state index is 13.1. The average molecular weight is 477 g/mol. The highest BCUT2D eigenvalue weighted by Gasteiger charge is 2.32. The van der Waals surface area contributed by atoms with E-state index < -0.39 is 12.1 Å². The van der Waals surface area contributed by atoms with Gasteiger partial charge in [0.2, 0.25) is 0 Å². The van der Waals surface area contributed by atoms with Crippen molar-refractivity contribution in [3.63, 3.8) is 0 Å². The van der Waals surface area contributed by atoms with Gasteiger partial charge in [-0.1, -0.05) is 39.7 Å². The number of halogens is 2. The van der Waals surface area contributed by atoms with Gasteiger partial charge in [0.05, 0.1) is 12.3 Å². The lowest BCUT2D eigenvalue weighted by Gasteiger charge is -2.23. The summed E-state index contributed by atoms with van der Waals surface area (Å²) in [7, 11) is 1.59. The Hall–Kier alpha value is -2.15. The first kappa shape index (κ1) is 20.1. The van der Waals surface area contributed by atoms with Crippen molar-refractivity contribution in [1.29, 1.82) is 0 Å². The fourth-order valence-electron chi connectivity index (χ4n) is 3.52. The molecule has 1 heterocycles. The number of ether oxygens (including phenoxy) is 1. The lowest BCUT2D eigenvalue weighted by Crippen LogP contribution is -2.28. The van der Waals surface area contributed by atoms with E-state index in [1.54, 1.807) is 31.3 Å². The second-order valence-corrected chi connectivity index (χ2v) is 8.67. The fourth-order valence-corrected chi connectivity index (χ4v) is 4.00. The molecule has 1 aromatic heterocycles. The first-order valence-corrected chi connectivity index (χ1v) is 10.5. The highest BCUT2D eigenvalue weighted by molar-refractivity contribution is 9.10. The molecule has 5 nitrogen and oxygen atoms in total. The van der Waals surface area contributed by atoms with E-state index in [1.165, 1.54) is 4.57 Å². The van der Waals surface area contributed by atoms with Crippen molar-refractivity contribution in [1.82, 2.24) is 4.57 Å². The predicted molar refractivity (Wildman–Crippen MR) is 116 cm³/mol. The summed E-state index contributed by atoms with van der Waals surface area (Å²) < 4.78 is 8.01. The number of rotatable bonds is 6. The van der Waals surface area contributed by atoms with Crippen LogP contribution in [0.4, 0.5) is 0 Å². The normalized spacial score (nSPS) is 14.9. The number of aromatic nitrogens is 1. The van der Waals surface area contributed by atoms with Gasteiger partial charge in [-0.25, -0.2) is 4.79 Å². The van der Waals surface area contributed by atoms with Gasteiger partial charge in [-0.15, -0.1) is 0 Å². The number of nitrogens with zero attached hydrogens (tertiary/aromatic N) is 1. The lowest BCUT2D eigenvalue weighted by molar-refractivity contribution is -0.151. The molecule has 0 saturated heterocycles. The van der Waals surface area contributed by atoms with Crippen LogP contribution in [0.25, 0.3) is 21.9 Å². The number of hydrogen-bond acceptors (Lipinski definition) is 3. The van der Waals surface area contributed by atoms with E-state index in [0.29, 0.717) is 39.6 Å². The zero-order chi connectivity index (χ0) is 20.7. The third-order valence-corrected chi connectivity index (χ3v) is 5.95. The minimum Gasteiger partial charge on any atom is -0.479 e. The number of carboxylic acid groups (broad SMARTS) is 1. The Morgan fingerprint density at radius 2 is 1.93 bits per heavy atom. The maximum Gasteiger partial charge on any atom is 0.339 e. The number of aliphatic carboxylic acids is 1. The molecule has 7 heteroatoms. The summed E-state index contributed by atoms with van der Waals surface area (Å²) in [4.78, 5) is 25.2. The van der Waals surface area contributed by atoms with E-state index in [9.17, 15) is 14.7 Å². The van der Waals surface area contributed by atoms with Crippen LogP contribution in [0.15, 0.2) is 51.7 Å². The monoisotopic (exact) mass is 475 g/mol. The standard InChI is InChI=1S/C22H19BrClNO4/c1-25-19(20(22(27)28)29-11-12-2-3-12)18(13-4-7-15(24)8-5-13)17-10-14(23)6-9-16(17)21(25)26/h4-10,12,20H,2-3,11H2,1H3,(H,27,28). The van der Waals surface area contributed by atoms with Crippen LogP contribution < -0.4 is 5.56 Å². The van der Waals surface area contributed by atoms with Gasteiger partial charge in [0.15, 0.2) is 6.10 Å². The van der Waals surface area contributed by atoms with Crippen molar-refractivity contribution in [2.24, 2.45) is 13.0 Å². The molecule has 0 bridgehead atoms. The Kier molecular flexibility index (Phi) is 5.51. The van der Waals surface area contributed by atoms with Gasteiger partial charge in [0.25, 0.3) is 5.56 Å². The molecule has 4 rings (SSSR count). The van der Waals surface area contributed by atoms with Gasteiger partial charge in [0.1, 0.15) is 0 Å². The van der Waals surface area contributed by atoms with E-state index in [2.05, 4.69) is 15.9 Å². The van der Waals surface area contributed by atoms with Crippen LogP contribution in [-0.4, -0.2) is 22.2 Å². The minimum atomic E-state index is -1.25. The Morgan fingerprint density at radius 1 is 1.24 bits per heavy atom. The lowest BCUT2D eigenvalue weighted by atomic mass is 9.94. The summed E-state index contributed by atoms with van der Waals surface area (Å²) in [5.74, 6) is -0.729. The number of benzene rings is 2. The summed E-state index contributed by atoms with van der Waals surface area (Å²) in [5, 5.41) is 11.7. The quantitative estimate of drug-likeness (QED) is 0.533. The largest absolute Gasteiger partial charge is 0.479 e. The van der Waals surface area contributed by atoms with Gasteiger partial charge in [-0.05, 0) is 60.0 Å². The molecule has 3 aromatic rings. The SMILES string of the molecule is Cn1c(C(OCC2CC2)C(=O)O)c(-c2ccc(Cl)cc2)c2cc(Br)ccc2c1=O. The van der Waals surface area contributed by atoms with Crippen LogP contribution in [-0.2, 0) is 16.6 Å². The molecular weight excluding hydrogens is 458 g/mol. The van der Waals surface area contributed by atoms with Crippen LogP contribution in [0.3, 0.4) is 0 Å². The van der Waals surface area contributed by atoms with E-state index in [0.717, 1.165) is 22.9 Å². The molecular formula is C22H19BrClNO4. The van der Waals surface area contributed by atoms with Crippen LogP contribution in [0.5, 0.6) is 0 Å². The van der Waals surface area contributed by atoms with Crippen molar-refractivity contribution >= 4 is 44.3 Å². The first-order chi connectivity index (χ1) is 13.9. The van der Waals surface area contributed by atoms with Crippen molar-refractivity contribution in [3.05, 3.63) is 68.0 Å². The minimum absolute atomic E-state index is 0.263. The van der Waals surface area contributed by atoms with Crippen LogP contribution in [0, 0.1) is 5.92 Å². The summed E-state index contributed by atoms with van der Waals surface area (Å²) in [5.41, 5.74) is 1.49. The number of hydrogen-bond donors (Lipinski definition) is 1. The molecule has 1 aliphatic carbocycles. The Morgan fingerprint density at radius 3 is 2.55 bits per heavy atom. The van der Waals surface area contributed by atoms with Crippen molar-refractivity contribution < 1.29 is 14.6 Å². The second kappa shape index (κ2) is 7.94. The topological polar surface area (TPSA) is 68.5 Å². The third-order valence-electron chi connectivity index (χ3n) is 5.20. The molecule has 1 atom stereocenters. The number of carbonyl (C=O) groups is 1. The highest BCUT2D eigenvalue weighted by atomic mass is 79.9. The zero-order valence-electron chi connectivity index (χ0n) is 15.7. The van der Waals surface area contributed by atoms with Crippen molar-refractivity contribution in [3.8, 4) is 11.1 Å². The molecule has 1 fully saturated rings. The molecule has 0 radical (unpaired) electrons. The summed E-state index contributed by atoms with van der Waals surface area (Å²) in [6.45, 7) is 0.363. The van der Waals surface area contributed by atoms with Crippen LogP contribution in [0.1, 0.15) is 24.6 Å². The molecule has 29 heavy (non-hydrogen) atoms. The number of fused-ring (bicyclic) bond motifs is 1. The maximum atomic E-state index is 13.1. The predicted octanol–water partition coefficient (Wildman–Crippen LogP) is 5.17. The van der Waals surface area contributed by atoms with Crippen molar-refractivity contribution in [2.45, 2.75) is 18.9 Å². The van der Waals surface area contributed by atoms with Gasteiger partial charge < -0.3 is 14.4 Å². The van der Waals surface area contributed by atoms with Gasteiger partial charge in [-0.3, -0.25) is 4.79 Å². The van der Waals surface area contributed by atoms with Crippen LogP contribution >= 0.6 is 27.5 Å². The molecule has 1 saturated carbocycles. The fraction of sp³-hybridized carbons (Fsp3) is 0.273. The Labute approximate surface area is 181 Å². The molecule has 0 amide bonds. The molecule has 0 aliphatic heterocycles. The van der Waals surface area contributed by atoms with Gasteiger partial charge >= 0.3 is 5.97 Å².